The van der Waals surface area contributed by atoms with Gasteiger partial charge in [-0.05, 0) is 37.3 Å². The highest BCUT2D eigenvalue weighted by atomic mass is 16.5. The lowest BCUT2D eigenvalue weighted by Crippen LogP contribution is -2.45. The zero-order valence-corrected chi connectivity index (χ0v) is 16.3. The van der Waals surface area contributed by atoms with Gasteiger partial charge in [-0.2, -0.15) is 4.98 Å². The molecule has 2 aromatic rings. The number of carbonyl (C=O) groups is 1. The summed E-state index contributed by atoms with van der Waals surface area (Å²) in [5.74, 6) is 1.86. The van der Waals surface area contributed by atoms with E-state index in [1.807, 2.05) is 31.2 Å². The smallest absolute Gasteiger partial charge is 0.251 e. The number of nitrogens with zero attached hydrogens (tertiary/aromatic N) is 3. The standard InChI is InChI=1S/C21H28N4O2/c1-15(2)14-27-20-13-22-12-19(24-20)25-10-8-17(9-11-25)23-21(26)18-7-5-4-6-16(18)3/h4-7,12-13,15,17H,8-11,14H2,1-3H3,(H,23,26). The summed E-state index contributed by atoms with van der Waals surface area (Å²) in [5.41, 5.74) is 1.75. The summed E-state index contributed by atoms with van der Waals surface area (Å²) in [6.45, 7) is 8.47. The summed E-state index contributed by atoms with van der Waals surface area (Å²) < 4.78 is 5.68. The van der Waals surface area contributed by atoms with Crippen LogP contribution in [0.2, 0.25) is 0 Å². The maximum Gasteiger partial charge on any atom is 0.251 e. The Kier molecular flexibility index (Phi) is 6.27. The van der Waals surface area contributed by atoms with Crippen LogP contribution in [0.1, 0.15) is 42.6 Å². The molecule has 1 aromatic carbocycles. The van der Waals surface area contributed by atoms with E-state index < -0.39 is 0 Å². The van der Waals surface area contributed by atoms with Crippen molar-refractivity contribution in [3.05, 3.63) is 47.8 Å². The highest BCUT2D eigenvalue weighted by Crippen LogP contribution is 2.20. The number of ether oxygens (including phenoxy) is 1. The maximum atomic E-state index is 12.5. The average molecular weight is 368 g/mol. The fraction of sp³-hybridized carbons (Fsp3) is 0.476. The van der Waals surface area contributed by atoms with Crippen molar-refractivity contribution in [2.24, 2.45) is 5.92 Å². The van der Waals surface area contributed by atoms with Crippen molar-refractivity contribution in [2.45, 2.75) is 39.7 Å². The van der Waals surface area contributed by atoms with Crippen molar-refractivity contribution in [1.82, 2.24) is 15.3 Å². The molecule has 1 N–H and O–H groups in total. The molecule has 6 heteroatoms. The van der Waals surface area contributed by atoms with E-state index in [2.05, 4.69) is 34.0 Å². The van der Waals surface area contributed by atoms with Gasteiger partial charge < -0.3 is 15.0 Å². The van der Waals surface area contributed by atoms with Crippen molar-refractivity contribution >= 4 is 11.7 Å². The molecule has 3 rings (SSSR count). The molecule has 0 bridgehead atoms. The molecule has 0 aliphatic carbocycles. The first-order chi connectivity index (χ1) is 13.0. The van der Waals surface area contributed by atoms with Crippen LogP contribution in [-0.2, 0) is 0 Å². The van der Waals surface area contributed by atoms with Gasteiger partial charge in [0.15, 0.2) is 5.82 Å². The van der Waals surface area contributed by atoms with Gasteiger partial charge in [-0.3, -0.25) is 9.78 Å². The van der Waals surface area contributed by atoms with Crippen LogP contribution in [0.3, 0.4) is 0 Å². The van der Waals surface area contributed by atoms with E-state index in [9.17, 15) is 4.79 Å². The Hall–Kier alpha value is -2.63. The second-order valence-electron chi connectivity index (χ2n) is 7.47. The molecule has 1 aliphatic rings. The molecule has 0 spiro atoms. The second kappa shape index (κ2) is 8.84. The van der Waals surface area contributed by atoms with Gasteiger partial charge >= 0.3 is 0 Å². The minimum absolute atomic E-state index is 0.00965. The molecule has 0 saturated carbocycles. The third-order valence-corrected chi connectivity index (χ3v) is 4.71. The fourth-order valence-corrected chi connectivity index (χ4v) is 3.16. The zero-order valence-electron chi connectivity index (χ0n) is 16.3. The quantitative estimate of drug-likeness (QED) is 0.848. The molecule has 27 heavy (non-hydrogen) atoms. The Morgan fingerprint density at radius 3 is 2.70 bits per heavy atom. The number of amides is 1. The van der Waals surface area contributed by atoms with Crippen molar-refractivity contribution in [1.29, 1.82) is 0 Å². The van der Waals surface area contributed by atoms with Crippen LogP contribution in [-0.4, -0.2) is 41.6 Å². The van der Waals surface area contributed by atoms with Crippen molar-refractivity contribution in [3.8, 4) is 5.88 Å². The number of hydrogen-bond donors (Lipinski definition) is 1. The van der Waals surface area contributed by atoms with Crippen LogP contribution in [0.15, 0.2) is 36.7 Å². The molecular formula is C21H28N4O2. The maximum absolute atomic E-state index is 12.5. The minimum atomic E-state index is 0.00965. The van der Waals surface area contributed by atoms with Crippen molar-refractivity contribution in [3.63, 3.8) is 0 Å². The number of carbonyl (C=O) groups excluding carboxylic acids is 1. The largest absolute Gasteiger partial charge is 0.476 e. The Bertz CT molecular complexity index is 770. The third-order valence-electron chi connectivity index (χ3n) is 4.71. The molecular weight excluding hydrogens is 340 g/mol. The van der Waals surface area contributed by atoms with Crippen LogP contribution >= 0.6 is 0 Å². The number of rotatable bonds is 6. The van der Waals surface area contributed by atoms with E-state index in [0.29, 0.717) is 18.4 Å². The first-order valence-electron chi connectivity index (χ1n) is 9.59. The first kappa shape index (κ1) is 19.1. The van der Waals surface area contributed by atoms with E-state index in [4.69, 9.17) is 4.74 Å². The van der Waals surface area contributed by atoms with Gasteiger partial charge in [0.2, 0.25) is 5.88 Å². The van der Waals surface area contributed by atoms with Crippen LogP contribution < -0.4 is 15.0 Å². The van der Waals surface area contributed by atoms with E-state index in [0.717, 1.165) is 42.9 Å². The lowest BCUT2D eigenvalue weighted by atomic mass is 10.0. The van der Waals surface area contributed by atoms with Gasteiger partial charge in [-0.25, -0.2) is 0 Å². The van der Waals surface area contributed by atoms with Crippen LogP contribution in [0.4, 0.5) is 5.82 Å². The van der Waals surface area contributed by atoms with Crippen molar-refractivity contribution in [2.75, 3.05) is 24.6 Å². The second-order valence-corrected chi connectivity index (χ2v) is 7.47. The number of aromatic nitrogens is 2. The van der Waals surface area contributed by atoms with Gasteiger partial charge in [0, 0.05) is 24.7 Å². The molecule has 0 atom stereocenters. The molecule has 0 unspecified atom stereocenters. The van der Waals surface area contributed by atoms with Gasteiger partial charge in [-0.15, -0.1) is 0 Å². The summed E-state index contributed by atoms with van der Waals surface area (Å²) in [6.07, 6.45) is 5.20. The normalized spacial score (nSPS) is 15.0. The monoisotopic (exact) mass is 368 g/mol. The topological polar surface area (TPSA) is 67.4 Å². The molecule has 1 amide bonds. The van der Waals surface area contributed by atoms with E-state index >= 15 is 0 Å². The van der Waals surface area contributed by atoms with E-state index in [-0.39, 0.29) is 11.9 Å². The summed E-state index contributed by atoms with van der Waals surface area (Å²) in [4.78, 5) is 23.5. The van der Waals surface area contributed by atoms with Crippen molar-refractivity contribution < 1.29 is 9.53 Å². The molecule has 0 radical (unpaired) electrons. The summed E-state index contributed by atoms with van der Waals surface area (Å²) >= 11 is 0. The van der Waals surface area contributed by atoms with Gasteiger partial charge in [0.25, 0.3) is 5.91 Å². The van der Waals surface area contributed by atoms with E-state index in [1.165, 1.54) is 0 Å². The molecule has 1 fully saturated rings. The number of anilines is 1. The van der Waals surface area contributed by atoms with Gasteiger partial charge in [-0.1, -0.05) is 32.0 Å². The van der Waals surface area contributed by atoms with Gasteiger partial charge in [0.05, 0.1) is 19.0 Å². The first-order valence-corrected chi connectivity index (χ1v) is 9.59. The fourth-order valence-electron chi connectivity index (χ4n) is 3.16. The molecule has 1 aromatic heterocycles. The molecule has 144 valence electrons. The number of hydrogen-bond acceptors (Lipinski definition) is 5. The Morgan fingerprint density at radius 1 is 1.26 bits per heavy atom. The Labute approximate surface area is 161 Å². The summed E-state index contributed by atoms with van der Waals surface area (Å²) in [7, 11) is 0. The average Bonchev–Trinajstić information content (AvgIpc) is 2.67. The highest BCUT2D eigenvalue weighted by molar-refractivity contribution is 5.95. The minimum Gasteiger partial charge on any atom is -0.476 e. The highest BCUT2D eigenvalue weighted by Gasteiger charge is 2.23. The Balaban J connectivity index is 1.54. The number of piperidine rings is 1. The van der Waals surface area contributed by atoms with Crippen LogP contribution in [0.5, 0.6) is 5.88 Å². The SMILES string of the molecule is Cc1ccccc1C(=O)NC1CCN(c2cncc(OCC(C)C)n2)CC1. The molecule has 1 saturated heterocycles. The predicted octanol–water partition coefficient (Wildman–Crippen LogP) is 3.22. The zero-order chi connectivity index (χ0) is 19.2. The lowest BCUT2D eigenvalue weighted by molar-refractivity contribution is 0.0930. The molecule has 1 aliphatic heterocycles. The predicted molar refractivity (Wildman–Crippen MR) is 106 cm³/mol. The lowest BCUT2D eigenvalue weighted by Gasteiger charge is -2.33. The van der Waals surface area contributed by atoms with Crippen LogP contribution in [0, 0.1) is 12.8 Å². The van der Waals surface area contributed by atoms with Crippen LogP contribution in [0.25, 0.3) is 0 Å². The van der Waals surface area contributed by atoms with Gasteiger partial charge in [0.1, 0.15) is 0 Å². The summed E-state index contributed by atoms with van der Waals surface area (Å²) in [6, 6.07) is 7.87. The summed E-state index contributed by atoms with van der Waals surface area (Å²) in [5, 5.41) is 3.17. The Morgan fingerprint density at radius 2 is 2.00 bits per heavy atom. The number of nitrogens with one attached hydrogen (secondary N) is 1. The van der Waals surface area contributed by atoms with E-state index in [1.54, 1.807) is 12.4 Å². The molecule has 2 heterocycles. The molecule has 6 nitrogen and oxygen atoms in total. The number of benzene rings is 1. The number of aryl methyl sites for hydroxylation is 1. The third kappa shape index (κ3) is 5.18.